The number of halogens is 5. The van der Waals surface area contributed by atoms with Crippen molar-refractivity contribution in [1.82, 2.24) is 10.4 Å². The molecule has 0 saturated carbocycles. The molecular weight excluding hydrogens is 603 g/mol. The Labute approximate surface area is 212 Å². The summed E-state index contributed by atoms with van der Waals surface area (Å²) in [6.45, 7) is -0.103. The van der Waals surface area contributed by atoms with Gasteiger partial charge in [-0.3, -0.25) is 4.79 Å². The molecule has 3 aromatic rings. The topological polar surface area (TPSA) is 99.4 Å². The standard InChI is InChI=1S/C21H14Br2F3N5O2S/c22-16-6-12(7-17(23)19(16)33-5-4-27)10-28-31-18(32)9-15-11-34-20(30-15)29-14-3-1-2-13(8-14)21(24,25)26/h1-3,6-8,10-11H,5,9H2,(H,29,30)(H,31,32)/b28-10-. The number of benzene rings is 2. The van der Waals surface area contributed by atoms with Crippen LogP contribution in [0.15, 0.2) is 55.8 Å². The summed E-state index contributed by atoms with van der Waals surface area (Å²) in [7, 11) is 0. The first-order valence-corrected chi connectivity index (χ1v) is 11.8. The Morgan fingerprint density at radius 3 is 2.68 bits per heavy atom. The SMILES string of the molecule is N#CCOc1c(Br)cc(/C=N\NC(=O)Cc2csc(Nc3cccc(C(F)(F)F)c3)n2)cc1Br. The van der Waals surface area contributed by atoms with Crippen LogP contribution in [0.3, 0.4) is 0 Å². The number of carbonyl (C=O) groups is 1. The molecule has 176 valence electrons. The second-order valence-corrected chi connectivity index (χ2v) is 9.14. The highest BCUT2D eigenvalue weighted by Gasteiger charge is 2.30. The molecule has 0 aliphatic carbocycles. The van der Waals surface area contributed by atoms with Crippen LogP contribution in [0.1, 0.15) is 16.8 Å². The van der Waals surface area contributed by atoms with Gasteiger partial charge >= 0.3 is 6.18 Å². The molecule has 1 heterocycles. The average molecular weight is 617 g/mol. The maximum absolute atomic E-state index is 12.8. The van der Waals surface area contributed by atoms with Crippen molar-refractivity contribution in [3.63, 3.8) is 0 Å². The van der Waals surface area contributed by atoms with Gasteiger partial charge in [-0.2, -0.15) is 23.5 Å². The van der Waals surface area contributed by atoms with E-state index in [1.54, 1.807) is 17.5 Å². The van der Waals surface area contributed by atoms with E-state index in [4.69, 9.17) is 10.00 Å². The molecule has 0 atom stereocenters. The molecule has 1 amide bonds. The summed E-state index contributed by atoms with van der Waals surface area (Å²) < 4.78 is 45.1. The zero-order chi connectivity index (χ0) is 24.7. The maximum atomic E-state index is 12.8. The number of carbonyl (C=O) groups excluding carboxylic acids is 1. The number of aromatic nitrogens is 1. The summed E-state index contributed by atoms with van der Waals surface area (Å²) in [5, 5.41) is 17.3. The smallest absolute Gasteiger partial charge is 0.416 e. The predicted molar refractivity (Wildman–Crippen MR) is 129 cm³/mol. The van der Waals surface area contributed by atoms with Crippen LogP contribution in [0.2, 0.25) is 0 Å². The summed E-state index contributed by atoms with van der Waals surface area (Å²) in [5.41, 5.74) is 2.97. The summed E-state index contributed by atoms with van der Waals surface area (Å²) in [4.78, 5) is 16.4. The maximum Gasteiger partial charge on any atom is 0.416 e. The van der Waals surface area contributed by atoms with Crippen molar-refractivity contribution in [2.75, 3.05) is 11.9 Å². The lowest BCUT2D eigenvalue weighted by atomic mass is 10.2. The van der Waals surface area contributed by atoms with Crippen LogP contribution < -0.4 is 15.5 Å². The van der Waals surface area contributed by atoms with Crippen molar-refractivity contribution in [3.8, 4) is 11.8 Å². The number of nitrogens with zero attached hydrogens (tertiary/aromatic N) is 3. The Kier molecular flexibility index (Phi) is 8.65. The van der Waals surface area contributed by atoms with Crippen LogP contribution in [0.5, 0.6) is 5.75 Å². The Morgan fingerprint density at radius 2 is 2.00 bits per heavy atom. The molecule has 0 fully saturated rings. The van der Waals surface area contributed by atoms with Gasteiger partial charge in [0.1, 0.15) is 11.8 Å². The number of anilines is 2. The third kappa shape index (κ3) is 7.28. The van der Waals surface area contributed by atoms with E-state index in [0.717, 1.165) is 12.1 Å². The predicted octanol–water partition coefficient (Wildman–Crippen LogP) is 6.03. The lowest BCUT2D eigenvalue weighted by molar-refractivity contribution is -0.137. The monoisotopic (exact) mass is 615 g/mol. The van der Waals surface area contributed by atoms with E-state index in [2.05, 4.69) is 52.7 Å². The van der Waals surface area contributed by atoms with Crippen LogP contribution in [0.25, 0.3) is 0 Å². The third-order valence-electron chi connectivity index (χ3n) is 4.04. The van der Waals surface area contributed by atoms with Gasteiger partial charge in [0.15, 0.2) is 11.7 Å². The van der Waals surface area contributed by atoms with E-state index in [-0.39, 0.29) is 18.7 Å². The fourth-order valence-electron chi connectivity index (χ4n) is 2.62. The second-order valence-electron chi connectivity index (χ2n) is 6.58. The molecule has 0 spiro atoms. The first kappa shape index (κ1) is 25.7. The third-order valence-corrected chi connectivity index (χ3v) is 6.02. The fourth-order valence-corrected chi connectivity index (χ4v) is 4.80. The van der Waals surface area contributed by atoms with Crippen LogP contribution in [-0.4, -0.2) is 23.7 Å². The minimum absolute atomic E-state index is 0.0631. The number of hydrazone groups is 1. The van der Waals surface area contributed by atoms with Crippen LogP contribution in [0, 0.1) is 11.3 Å². The highest BCUT2D eigenvalue weighted by atomic mass is 79.9. The fraction of sp³-hybridized carbons (Fsp3) is 0.143. The molecule has 7 nitrogen and oxygen atoms in total. The van der Waals surface area contributed by atoms with Gasteiger partial charge in [-0.15, -0.1) is 11.3 Å². The molecule has 0 aliphatic heterocycles. The normalized spacial score (nSPS) is 11.3. The molecule has 0 saturated heterocycles. The molecule has 3 rings (SSSR count). The molecule has 2 aromatic carbocycles. The second kappa shape index (κ2) is 11.5. The van der Waals surface area contributed by atoms with E-state index in [1.165, 1.54) is 29.7 Å². The highest BCUT2D eigenvalue weighted by Crippen LogP contribution is 2.34. The number of thiazole rings is 1. The van der Waals surface area contributed by atoms with Crippen molar-refractivity contribution >= 4 is 66.1 Å². The highest BCUT2D eigenvalue weighted by molar-refractivity contribution is 9.11. The van der Waals surface area contributed by atoms with Gasteiger partial charge in [0.2, 0.25) is 5.91 Å². The van der Waals surface area contributed by atoms with Gasteiger partial charge in [0, 0.05) is 11.1 Å². The van der Waals surface area contributed by atoms with Gasteiger partial charge in [-0.05, 0) is 67.8 Å². The lowest BCUT2D eigenvalue weighted by Crippen LogP contribution is -2.19. The molecule has 2 N–H and O–H groups in total. The Balaban J connectivity index is 1.55. The van der Waals surface area contributed by atoms with Crippen molar-refractivity contribution < 1.29 is 22.7 Å². The number of rotatable bonds is 8. The van der Waals surface area contributed by atoms with Crippen molar-refractivity contribution in [3.05, 3.63) is 67.5 Å². The van der Waals surface area contributed by atoms with Gasteiger partial charge in [-0.25, -0.2) is 10.4 Å². The summed E-state index contributed by atoms with van der Waals surface area (Å²) in [6.07, 6.45) is -3.07. The first-order valence-electron chi connectivity index (χ1n) is 9.35. The molecule has 0 radical (unpaired) electrons. The molecular formula is C21H14Br2F3N5O2S. The van der Waals surface area contributed by atoms with E-state index in [9.17, 15) is 18.0 Å². The number of nitrogens with one attached hydrogen (secondary N) is 2. The van der Waals surface area contributed by atoms with Gasteiger partial charge in [0.05, 0.1) is 32.8 Å². The number of ether oxygens (including phenoxy) is 1. The Bertz CT molecular complexity index is 1230. The van der Waals surface area contributed by atoms with Crippen LogP contribution in [0.4, 0.5) is 24.0 Å². The van der Waals surface area contributed by atoms with E-state index >= 15 is 0 Å². The quantitative estimate of drug-likeness (QED) is 0.238. The zero-order valence-corrected chi connectivity index (χ0v) is 21.0. The molecule has 34 heavy (non-hydrogen) atoms. The Hall–Kier alpha value is -2.95. The molecule has 13 heteroatoms. The number of amides is 1. The van der Waals surface area contributed by atoms with Gasteiger partial charge in [-0.1, -0.05) is 6.07 Å². The number of hydrogen-bond acceptors (Lipinski definition) is 7. The minimum atomic E-state index is -4.44. The number of hydrogen-bond donors (Lipinski definition) is 2. The first-order chi connectivity index (χ1) is 16.2. The summed E-state index contributed by atoms with van der Waals surface area (Å²) in [6, 6.07) is 10.1. The summed E-state index contributed by atoms with van der Waals surface area (Å²) in [5.74, 6) is 0.0556. The van der Waals surface area contributed by atoms with Gasteiger partial charge < -0.3 is 10.1 Å². The number of nitriles is 1. The molecule has 0 unspecified atom stereocenters. The van der Waals surface area contributed by atoms with Crippen LogP contribution >= 0.6 is 43.2 Å². The van der Waals surface area contributed by atoms with Crippen molar-refractivity contribution in [1.29, 1.82) is 5.26 Å². The van der Waals surface area contributed by atoms with E-state index in [1.807, 2.05) is 6.07 Å². The zero-order valence-electron chi connectivity index (χ0n) is 17.0. The van der Waals surface area contributed by atoms with E-state index in [0.29, 0.717) is 31.1 Å². The van der Waals surface area contributed by atoms with Gasteiger partial charge in [0.25, 0.3) is 0 Å². The van der Waals surface area contributed by atoms with Crippen molar-refractivity contribution in [2.45, 2.75) is 12.6 Å². The largest absolute Gasteiger partial charge is 0.476 e. The Morgan fingerprint density at radius 1 is 1.26 bits per heavy atom. The molecule has 1 aromatic heterocycles. The van der Waals surface area contributed by atoms with Crippen LogP contribution in [-0.2, 0) is 17.4 Å². The minimum Gasteiger partial charge on any atom is -0.476 e. The molecule has 0 aliphatic rings. The molecule has 0 bridgehead atoms. The summed E-state index contributed by atoms with van der Waals surface area (Å²) >= 11 is 7.87. The lowest BCUT2D eigenvalue weighted by Gasteiger charge is -2.08. The van der Waals surface area contributed by atoms with Crippen molar-refractivity contribution in [2.24, 2.45) is 5.10 Å². The average Bonchev–Trinajstić information content (AvgIpc) is 3.19. The van der Waals surface area contributed by atoms with E-state index < -0.39 is 17.6 Å². The number of alkyl halides is 3.